The van der Waals surface area contributed by atoms with Crippen molar-refractivity contribution in [3.05, 3.63) is 0 Å². The Hall–Kier alpha value is -0.220. The predicted octanol–water partition coefficient (Wildman–Crippen LogP) is 2.51. The summed E-state index contributed by atoms with van der Waals surface area (Å²) >= 11 is 1.95. The van der Waals surface area contributed by atoms with E-state index < -0.39 is 0 Å². The summed E-state index contributed by atoms with van der Waals surface area (Å²) in [5.41, 5.74) is 0. The molecule has 1 fully saturated rings. The minimum absolute atomic E-state index is 0.320. The number of thioether (sulfide) groups is 1. The standard InChI is InChI=1S/C14H28N2OS/c1-4-5-6-8-16(12(2)3)14(17)10-13-11-18-9-7-15-13/h12-13,15H,4-11H2,1-3H3. The summed E-state index contributed by atoms with van der Waals surface area (Å²) in [6, 6.07) is 0.703. The van der Waals surface area contributed by atoms with Gasteiger partial charge in [-0.2, -0.15) is 11.8 Å². The minimum atomic E-state index is 0.320. The highest BCUT2D eigenvalue weighted by molar-refractivity contribution is 7.99. The second kappa shape index (κ2) is 8.81. The second-order valence-corrected chi connectivity index (χ2v) is 6.47. The Morgan fingerprint density at radius 1 is 1.44 bits per heavy atom. The van der Waals surface area contributed by atoms with Crippen molar-refractivity contribution in [3.8, 4) is 0 Å². The van der Waals surface area contributed by atoms with Crippen molar-refractivity contribution >= 4 is 17.7 Å². The van der Waals surface area contributed by atoms with Gasteiger partial charge in [0.1, 0.15) is 0 Å². The summed E-state index contributed by atoms with van der Waals surface area (Å²) in [6.07, 6.45) is 4.22. The monoisotopic (exact) mass is 272 g/mol. The molecule has 1 saturated heterocycles. The average Bonchev–Trinajstić information content (AvgIpc) is 2.35. The number of hydrogen-bond acceptors (Lipinski definition) is 3. The number of rotatable bonds is 7. The highest BCUT2D eigenvalue weighted by Crippen LogP contribution is 2.13. The highest BCUT2D eigenvalue weighted by atomic mass is 32.2. The molecule has 1 rings (SSSR count). The molecule has 1 atom stereocenters. The molecule has 106 valence electrons. The normalized spacial score (nSPS) is 20.1. The van der Waals surface area contributed by atoms with Gasteiger partial charge in [-0.1, -0.05) is 19.8 Å². The first kappa shape index (κ1) is 15.8. The van der Waals surface area contributed by atoms with Crippen LogP contribution in [0, 0.1) is 0 Å². The average molecular weight is 272 g/mol. The van der Waals surface area contributed by atoms with E-state index in [4.69, 9.17) is 0 Å². The van der Waals surface area contributed by atoms with Crippen molar-refractivity contribution in [1.82, 2.24) is 10.2 Å². The molecule has 3 nitrogen and oxygen atoms in total. The van der Waals surface area contributed by atoms with E-state index in [1.807, 2.05) is 11.8 Å². The maximum absolute atomic E-state index is 12.3. The predicted molar refractivity (Wildman–Crippen MR) is 80.1 cm³/mol. The van der Waals surface area contributed by atoms with Crippen molar-refractivity contribution < 1.29 is 4.79 Å². The largest absolute Gasteiger partial charge is 0.340 e. The van der Waals surface area contributed by atoms with Gasteiger partial charge in [-0.3, -0.25) is 4.79 Å². The third kappa shape index (κ3) is 5.61. The van der Waals surface area contributed by atoms with Crippen LogP contribution in [-0.4, -0.2) is 47.5 Å². The van der Waals surface area contributed by atoms with E-state index in [0.29, 0.717) is 24.4 Å². The molecule has 1 N–H and O–H groups in total. The van der Waals surface area contributed by atoms with Gasteiger partial charge < -0.3 is 10.2 Å². The van der Waals surface area contributed by atoms with Crippen LogP contribution in [0.15, 0.2) is 0 Å². The van der Waals surface area contributed by atoms with Gasteiger partial charge >= 0.3 is 0 Å². The van der Waals surface area contributed by atoms with Crippen LogP contribution in [0.1, 0.15) is 46.5 Å². The molecule has 0 aromatic carbocycles. The molecule has 1 aliphatic rings. The zero-order chi connectivity index (χ0) is 13.4. The second-order valence-electron chi connectivity index (χ2n) is 5.32. The van der Waals surface area contributed by atoms with Gasteiger partial charge in [0.05, 0.1) is 0 Å². The molecule has 0 saturated carbocycles. The van der Waals surface area contributed by atoms with Crippen LogP contribution >= 0.6 is 11.8 Å². The van der Waals surface area contributed by atoms with Gasteiger partial charge in [0.25, 0.3) is 0 Å². The molecule has 0 aromatic rings. The number of nitrogens with one attached hydrogen (secondary N) is 1. The molecule has 0 aliphatic carbocycles. The first-order valence-corrected chi connectivity index (χ1v) is 8.41. The molecule has 4 heteroatoms. The molecular weight excluding hydrogens is 244 g/mol. The number of carbonyl (C=O) groups excluding carboxylic acids is 1. The Balaban J connectivity index is 2.37. The van der Waals surface area contributed by atoms with E-state index in [1.54, 1.807) is 0 Å². The number of carbonyl (C=O) groups is 1. The fraction of sp³-hybridized carbons (Fsp3) is 0.929. The molecule has 0 radical (unpaired) electrons. The Morgan fingerprint density at radius 3 is 2.78 bits per heavy atom. The SMILES string of the molecule is CCCCCN(C(=O)CC1CSCCN1)C(C)C. The summed E-state index contributed by atoms with van der Waals surface area (Å²) in [6.45, 7) is 8.40. The van der Waals surface area contributed by atoms with Crippen molar-refractivity contribution in [3.63, 3.8) is 0 Å². The van der Waals surface area contributed by atoms with Crippen LogP contribution in [0.25, 0.3) is 0 Å². The molecule has 0 spiro atoms. The Labute approximate surface area is 116 Å². The summed E-state index contributed by atoms with van der Waals surface area (Å²) in [7, 11) is 0. The highest BCUT2D eigenvalue weighted by Gasteiger charge is 2.22. The summed E-state index contributed by atoms with van der Waals surface area (Å²) in [5.74, 6) is 2.57. The zero-order valence-electron chi connectivity index (χ0n) is 12.1. The van der Waals surface area contributed by atoms with Crippen molar-refractivity contribution in [2.75, 3.05) is 24.6 Å². The fourth-order valence-corrected chi connectivity index (χ4v) is 3.23. The first-order chi connectivity index (χ1) is 8.65. The maximum atomic E-state index is 12.3. The lowest BCUT2D eigenvalue weighted by Gasteiger charge is -2.30. The third-order valence-corrected chi connectivity index (χ3v) is 4.50. The Kier molecular flexibility index (Phi) is 7.75. The smallest absolute Gasteiger partial charge is 0.224 e. The lowest BCUT2D eigenvalue weighted by atomic mass is 10.1. The van der Waals surface area contributed by atoms with E-state index >= 15 is 0 Å². The molecule has 0 bridgehead atoms. The molecule has 1 unspecified atom stereocenters. The van der Waals surface area contributed by atoms with E-state index in [1.165, 1.54) is 18.6 Å². The van der Waals surface area contributed by atoms with Gasteiger partial charge in [0.2, 0.25) is 5.91 Å². The van der Waals surface area contributed by atoms with Gasteiger partial charge in [-0.25, -0.2) is 0 Å². The zero-order valence-corrected chi connectivity index (χ0v) is 12.9. The van der Waals surface area contributed by atoms with E-state index in [0.717, 1.165) is 25.3 Å². The van der Waals surface area contributed by atoms with Crippen molar-refractivity contribution in [1.29, 1.82) is 0 Å². The molecular formula is C14H28N2OS. The quantitative estimate of drug-likeness (QED) is 0.723. The topological polar surface area (TPSA) is 32.3 Å². The molecule has 1 heterocycles. The van der Waals surface area contributed by atoms with Gasteiger partial charge in [-0.15, -0.1) is 0 Å². The lowest BCUT2D eigenvalue weighted by molar-refractivity contribution is -0.133. The molecule has 1 aliphatic heterocycles. The van der Waals surface area contributed by atoms with Crippen molar-refractivity contribution in [2.45, 2.75) is 58.5 Å². The summed E-state index contributed by atoms with van der Waals surface area (Å²) < 4.78 is 0. The fourth-order valence-electron chi connectivity index (χ4n) is 2.28. The number of nitrogens with zero attached hydrogens (tertiary/aromatic N) is 1. The van der Waals surface area contributed by atoms with Crippen LogP contribution < -0.4 is 5.32 Å². The lowest BCUT2D eigenvalue weighted by Crippen LogP contribution is -2.44. The van der Waals surface area contributed by atoms with E-state index in [2.05, 4.69) is 31.0 Å². The maximum Gasteiger partial charge on any atom is 0.224 e. The van der Waals surface area contributed by atoms with Crippen LogP contribution in [0.4, 0.5) is 0 Å². The van der Waals surface area contributed by atoms with Crippen molar-refractivity contribution in [2.24, 2.45) is 0 Å². The van der Waals surface area contributed by atoms with E-state index in [9.17, 15) is 4.79 Å². The number of hydrogen-bond donors (Lipinski definition) is 1. The Morgan fingerprint density at radius 2 is 2.22 bits per heavy atom. The van der Waals surface area contributed by atoms with Gasteiger partial charge in [0.15, 0.2) is 0 Å². The van der Waals surface area contributed by atoms with Crippen LogP contribution in [0.3, 0.4) is 0 Å². The first-order valence-electron chi connectivity index (χ1n) is 7.25. The van der Waals surface area contributed by atoms with Gasteiger partial charge in [0, 0.05) is 43.1 Å². The van der Waals surface area contributed by atoms with Crippen LogP contribution in [0.2, 0.25) is 0 Å². The van der Waals surface area contributed by atoms with Crippen LogP contribution in [-0.2, 0) is 4.79 Å². The summed E-state index contributed by atoms with van der Waals surface area (Å²) in [4.78, 5) is 14.4. The number of amides is 1. The van der Waals surface area contributed by atoms with Crippen LogP contribution in [0.5, 0.6) is 0 Å². The third-order valence-electron chi connectivity index (χ3n) is 3.37. The molecule has 0 aromatic heterocycles. The Bertz CT molecular complexity index is 240. The molecule has 1 amide bonds. The van der Waals surface area contributed by atoms with Gasteiger partial charge in [-0.05, 0) is 20.3 Å². The van der Waals surface area contributed by atoms with E-state index in [-0.39, 0.29) is 0 Å². The summed E-state index contributed by atoms with van der Waals surface area (Å²) in [5, 5.41) is 3.44. The molecule has 18 heavy (non-hydrogen) atoms. The minimum Gasteiger partial charge on any atom is -0.340 e. The number of unbranched alkanes of at least 4 members (excludes halogenated alkanes) is 2.